The van der Waals surface area contributed by atoms with E-state index in [0.717, 1.165) is 60.0 Å². The van der Waals surface area contributed by atoms with Gasteiger partial charge in [0.2, 0.25) is 5.91 Å². The van der Waals surface area contributed by atoms with E-state index in [1.165, 1.54) is 0 Å². The monoisotopic (exact) mass is 461 g/mol. The summed E-state index contributed by atoms with van der Waals surface area (Å²) in [5.41, 5.74) is 3.94. The third-order valence-corrected chi connectivity index (χ3v) is 6.87. The smallest absolute Gasteiger partial charge is 0.232 e. The largest absolute Gasteiger partial charge is 0.310 e. The minimum atomic E-state index is -0.149. The van der Waals surface area contributed by atoms with Crippen molar-refractivity contribution in [3.63, 3.8) is 0 Å². The maximum Gasteiger partial charge on any atom is 0.232 e. The molecule has 0 saturated heterocycles. The van der Waals surface area contributed by atoms with Gasteiger partial charge in [-0.1, -0.05) is 55.5 Å². The molecule has 7 heteroatoms. The third-order valence-electron chi connectivity index (χ3n) is 5.78. The number of benzene rings is 1. The third kappa shape index (κ3) is 5.07. The minimum absolute atomic E-state index is 0.00353. The van der Waals surface area contributed by atoms with Crippen molar-refractivity contribution in [2.45, 2.75) is 51.3 Å². The predicted molar refractivity (Wildman–Crippen MR) is 138 cm³/mol. The van der Waals surface area contributed by atoms with E-state index in [1.807, 2.05) is 45.3 Å². The molecule has 0 saturated carbocycles. The first-order valence-corrected chi connectivity index (χ1v) is 12.4. The quantitative estimate of drug-likeness (QED) is 0.296. The molecule has 172 valence electrons. The van der Waals surface area contributed by atoms with Crippen molar-refractivity contribution in [2.75, 3.05) is 19.4 Å². The lowest BCUT2D eigenvalue weighted by Crippen LogP contribution is -2.26. The molecule has 1 aromatic carbocycles. The van der Waals surface area contributed by atoms with E-state index in [4.69, 9.17) is 9.97 Å². The molecule has 0 radical (unpaired) electrons. The first-order valence-electron chi connectivity index (χ1n) is 11.6. The molecule has 1 aliphatic carbocycles. The van der Waals surface area contributed by atoms with Crippen LogP contribution in [-0.4, -0.2) is 44.1 Å². The van der Waals surface area contributed by atoms with Crippen molar-refractivity contribution in [3.05, 3.63) is 42.0 Å². The SMILES string of the molecule is CC#Cc1c(NC(=O)C2C=CC(SN(C)C)CC2)n(CCCC)c2nc3ccccc3nc12. The summed E-state index contributed by atoms with van der Waals surface area (Å²) in [6.07, 6.45) is 8.04. The Morgan fingerprint density at radius 2 is 1.97 bits per heavy atom. The molecule has 0 spiro atoms. The number of anilines is 1. The number of rotatable bonds is 7. The number of nitrogens with zero attached hydrogens (tertiary/aromatic N) is 4. The molecule has 1 amide bonds. The number of para-hydroxylation sites is 2. The fourth-order valence-corrected chi connectivity index (χ4v) is 5.13. The Kier molecular flexibility index (Phi) is 7.36. The predicted octanol–water partition coefficient (Wildman–Crippen LogP) is 5.24. The van der Waals surface area contributed by atoms with Crippen molar-refractivity contribution >= 4 is 45.9 Å². The highest BCUT2D eigenvalue weighted by Gasteiger charge is 2.26. The van der Waals surface area contributed by atoms with E-state index in [1.54, 1.807) is 11.9 Å². The van der Waals surface area contributed by atoms with Gasteiger partial charge in [0.15, 0.2) is 5.65 Å². The molecule has 0 bridgehead atoms. The van der Waals surface area contributed by atoms with Crippen molar-refractivity contribution in [1.82, 2.24) is 18.8 Å². The summed E-state index contributed by atoms with van der Waals surface area (Å²) in [5, 5.41) is 3.63. The van der Waals surface area contributed by atoms with E-state index in [-0.39, 0.29) is 11.8 Å². The van der Waals surface area contributed by atoms with Gasteiger partial charge in [-0.3, -0.25) is 9.10 Å². The van der Waals surface area contributed by atoms with Gasteiger partial charge in [0, 0.05) is 11.8 Å². The van der Waals surface area contributed by atoms with Gasteiger partial charge in [-0.15, -0.1) is 5.92 Å². The number of carbonyl (C=O) groups is 1. The fraction of sp³-hybridized carbons (Fsp3) is 0.423. The van der Waals surface area contributed by atoms with Gasteiger partial charge in [0.1, 0.15) is 11.3 Å². The molecule has 1 aliphatic rings. The van der Waals surface area contributed by atoms with Crippen molar-refractivity contribution in [2.24, 2.45) is 5.92 Å². The summed E-state index contributed by atoms with van der Waals surface area (Å²) < 4.78 is 4.20. The molecular formula is C26H31N5OS. The lowest BCUT2D eigenvalue weighted by atomic mass is 9.95. The lowest BCUT2D eigenvalue weighted by molar-refractivity contribution is -0.118. The molecule has 2 aromatic heterocycles. The van der Waals surface area contributed by atoms with E-state index in [2.05, 4.69) is 45.1 Å². The Hall–Kier alpha value is -2.82. The van der Waals surface area contributed by atoms with Crippen LogP contribution in [0.15, 0.2) is 36.4 Å². The summed E-state index contributed by atoms with van der Waals surface area (Å²) in [5.74, 6) is 6.78. The average molecular weight is 462 g/mol. The number of carbonyl (C=O) groups excluding carboxylic acids is 1. The average Bonchev–Trinajstić information content (AvgIpc) is 3.07. The van der Waals surface area contributed by atoms with E-state index in [9.17, 15) is 4.79 Å². The van der Waals surface area contributed by atoms with Crippen LogP contribution in [0.2, 0.25) is 0 Å². The van der Waals surface area contributed by atoms with Crippen LogP contribution in [0.5, 0.6) is 0 Å². The Morgan fingerprint density at radius 3 is 2.61 bits per heavy atom. The topological polar surface area (TPSA) is 63.1 Å². The Bertz CT molecular complexity index is 1250. The van der Waals surface area contributed by atoms with Crippen LogP contribution in [0, 0.1) is 17.8 Å². The van der Waals surface area contributed by atoms with Gasteiger partial charge in [-0.05, 0) is 52.4 Å². The van der Waals surface area contributed by atoms with Gasteiger partial charge in [-0.25, -0.2) is 9.97 Å². The molecular weight excluding hydrogens is 430 g/mol. The number of aromatic nitrogens is 3. The summed E-state index contributed by atoms with van der Waals surface area (Å²) in [7, 11) is 4.10. The second-order valence-electron chi connectivity index (χ2n) is 8.50. The summed E-state index contributed by atoms with van der Waals surface area (Å²) in [6.45, 7) is 4.72. The second kappa shape index (κ2) is 10.4. The number of aryl methyl sites for hydroxylation is 1. The van der Waals surface area contributed by atoms with E-state index in [0.29, 0.717) is 11.1 Å². The maximum atomic E-state index is 13.3. The number of hydrogen-bond donors (Lipinski definition) is 1. The molecule has 3 aromatic rings. The van der Waals surface area contributed by atoms with Crippen molar-refractivity contribution in [3.8, 4) is 11.8 Å². The molecule has 6 nitrogen and oxygen atoms in total. The molecule has 0 aliphatic heterocycles. The molecule has 2 heterocycles. The number of amides is 1. The van der Waals surface area contributed by atoms with Gasteiger partial charge < -0.3 is 9.88 Å². The van der Waals surface area contributed by atoms with Crippen LogP contribution in [-0.2, 0) is 11.3 Å². The maximum absolute atomic E-state index is 13.3. The van der Waals surface area contributed by atoms with Crippen LogP contribution < -0.4 is 5.32 Å². The zero-order chi connectivity index (χ0) is 23.4. The highest BCUT2D eigenvalue weighted by atomic mass is 32.2. The van der Waals surface area contributed by atoms with Crippen LogP contribution in [0.25, 0.3) is 22.2 Å². The molecule has 2 unspecified atom stereocenters. The zero-order valence-corrected chi connectivity index (χ0v) is 20.6. The first-order chi connectivity index (χ1) is 16.0. The van der Waals surface area contributed by atoms with Crippen LogP contribution in [0.4, 0.5) is 5.82 Å². The summed E-state index contributed by atoms with van der Waals surface area (Å²) >= 11 is 1.79. The van der Waals surface area contributed by atoms with Crippen LogP contribution >= 0.6 is 11.9 Å². The number of nitrogens with one attached hydrogen (secondary N) is 1. The second-order valence-corrected chi connectivity index (χ2v) is 10.0. The fourth-order valence-electron chi connectivity index (χ4n) is 4.19. The van der Waals surface area contributed by atoms with E-state index < -0.39 is 0 Å². The Balaban J connectivity index is 1.73. The molecule has 2 atom stereocenters. The van der Waals surface area contributed by atoms with Gasteiger partial charge in [0.05, 0.1) is 22.5 Å². The van der Waals surface area contributed by atoms with Crippen LogP contribution in [0.3, 0.4) is 0 Å². The van der Waals surface area contributed by atoms with Gasteiger partial charge >= 0.3 is 0 Å². The highest BCUT2D eigenvalue weighted by Crippen LogP contribution is 2.32. The normalized spacial score (nSPS) is 18.0. The van der Waals surface area contributed by atoms with Crippen molar-refractivity contribution < 1.29 is 4.79 Å². The zero-order valence-electron chi connectivity index (χ0n) is 19.8. The molecule has 4 rings (SSSR count). The van der Waals surface area contributed by atoms with Crippen LogP contribution in [0.1, 0.15) is 45.1 Å². The standard InChI is InChI=1S/C26H31N5OS/c1-5-7-17-31-24(29-26(32)18-13-15-19(16-14-18)33-30(3)4)20(10-6-2)23-25(31)28-22-12-9-8-11-21(22)27-23/h8-9,11-13,15,18-19H,5,7,14,16-17H2,1-4H3,(H,29,32). The van der Waals surface area contributed by atoms with Crippen molar-refractivity contribution in [1.29, 1.82) is 0 Å². The Labute approximate surface area is 200 Å². The molecule has 1 N–H and O–H groups in total. The van der Waals surface area contributed by atoms with E-state index >= 15 is 0 Å². The Morgan fingerprint density at radius 1 is 1.21 bits per heavy atom. The number of unbranched alkanes of at least 4 members (excludes halogenated alkanes) is 1. The first kappa shape index (κ1) is 23.3. The molecule has 0 fully saturated rings. The lowest BCUT2D eigenvalue weighted by Gasteiger charge is -2.24. The minimum Gasteiger partial charge on any atom is -0.310 e. The highest BCUT2D eigenvalue weighted by molar-refractivity contribution is 7.97. The van der Waals surface area contributed by atoms with Gasteiger partial charge in [-0.2, -0.15) is 0 Å². The van der Waals surface area contributed by atoms with Gasteiger partial charge in [0.25, 0.3) is 0 Å². The summed E-state index contributed by atoms with van der Waals surface area (Å²) in [4.78, 5) is 23.1. The molecule has 33 heavy (non-hydrogen) atoms. The number of fused-ring (bicyclic) bond motifs is 2. The number of hydrogen-bond acceptors (Lipinski definition) is 5. The summed E-state index contributed by atoms with van der Waals surface area (Å²) in [6, 6.07) is 7.86.